The fraction of sp³-hybridized carbons (Fsp3) is 0.750. The van der Waals surface area contributed by atoms with E-state index in [2.05, 4.69) is 11.9 Å². The van der Waals surface area contributed by atoms with Crippen LogP contribution < -0.4 is 0 Å². The zero-order valence-corrected chi connectivity index (χ0v) is 9.74. The van der Waals surface area contributed by atoms with E-state index in [1.54, 1.807) is 0 Å². The highest BCUT2D eigenvalue weighted by molar-refractivity contribution is 5.82. The summed E-state index contributed by atoms with van der Waals surface area (Å²) in [4.78, 5) is 16.4. The molecule has 1 fully saturated rings. The number of carbonyl (C=O) groups is 1. The van der Waals surface area contributed by atoms with Crippen LogP contribution in [0.5, 0.6) is 0 Å². The van der Waals surface area contributed by atoms with Gasteiger partial charge in [-0.3, -0.25) is 9.69 Å². The van der Waals surface area contributed by atoms with E-state index in [1.807, 2.05) is 4.90 Å². The number of hydrogen-bond donors (Lipinski definition) is 0. The number of ether oxygens (including phenoxy) is 1. The maximum absolute atomic E-state index is 12.1. The largest absolute Gasteiger partial charge is 0.368 e. The monoisotopic (exact) mass is 222 g/mol. The maximum atomic E-state index is 12.1. The lowest BCUT2D eigenvalue weighted by molar-refractivity contribution is -0.139. The summed E-state index contributed by atoms with van der Waals surface area (Å²) >= 11 is 0. The molecule has 0 aromatic rings. The van der Waals surface area contributed by atoms with E-state index in [0.717, 1.165) is 45.6 Å². The number of carbonyl (C=O) groups excluding carboxylic acids is 1. The average Bonchev–Trinajstić information content (AvgIpc) is 2.89. The van der Waals surface area contributed by atoms with Crippen LogP contribution in [0.15, 0.2) is 11.1 Å². The predicted octanol–water partition coefficient (Wildman–Crippen LogP) is 0.250. The normalized spacial score (nSPS) is 30.3. The Morgan fingerprint density at radius 1 is 1.25 bits per heavy atom. The fourth-order valence-corrected chi connectivity index (χ4v) is 2.90. The van der Waals surface area contributed by atoms with E-state index in [4.69, 9.17) is 4.74 Å². The highest BCUT2D eigenvalue weighted by atomic mass is 16.5. The first kappa shape index (κ1) is 10.3. The zero-order valence-electron chi connectivity index (χ0n) is 9.74. The minimum Gasteiger partial charge on any atom is -0.368 e. The Morgan fingerprint density at radius 3 is 2.50 bits per heavy atom. The van der Waals surface area contributed by atoms with Gasteiger partial charge in [-0.05, 0) is 31.0 Å². The number of likely N-dealkylation sites (N-methyl/N-ethyl adjacent to an activating group) is 1. The van der Waals surface area contributed by atoms with Crippen LogP contribution >= 0.6 is 0 Å². The SMILES string of the molecule is CN1CC2=C(C1)CN(C(=O)[C@H]1CCCO1)C2. The van der Waals surface area contributed by atoms with Crippen molar-refractivity contribution < 1.29 is 9.53 Å². The van der Waals surface area contributed by atoms with Crippen LogP contribution in [0.1, 0.15) is 12.8 Å². The van der Waals surface area contributed by atoms with Gasteiger partial charge in [-0.15, -0.1) is 0 Å². The molecule has 1 amide bonds. The van der Waals surface area contributed by atoms with E-state index in [-0.39, 0.29) is 12.0 Å². The highest BCUT2D eigenvalue weighted by Gasteiger charge is 2.35. The number of hydrogen-bond acceptors (Lipinski definition) is 3. The smallest absolute Gasteiger partial charge is 0.252 e. The first-order chi connectivity index (χ1) is 7.74. The molecule has 16 heavy (non-hydrogen) atoms. The van der Waals surface area contributed by atoms with Crippen molar-refractivity contribution >= 4 is 5.91 Å². The molecule has 0 aromatic heterocycles. The fourth-order valence-electron chi connectivity index (χ4n) is 2.90. The van der Waals surface area contributed by atoms with Crippen molar-refractivity contribution in [3.05, 3.63) is 11.1 Å². The minimum atomic E-state index is -0.155. The van der Waals surface area contributed by atoms with E-state index < -0.39 is 0 Å². The molecule has 0 bridgehead atoms. The molecule has 88 valence electrons. The third-order valence-electron chi connectivity index (χ3n) is 3.70. The van der Waals surface area contributed by atoms with E-state index in [1.165, 1.54) is 11.1 Å². The lowest BCUT2D eigenvalue weighted by Crippen LogP contribution is -2.39. The third kappa shape index (κ3) is 1.66. The van der Waals surface area contributed by atoms with Crippen molar-refractivity contribution in [3.63, 3.8) is 0 Å². The summed E-state index contributed by atoms with van der Waals surface area (Å²) in [6.07, 6.45) is 1.78. The molecule has 4 nitrogen and oxygen atoms in total. The molecule has 0 unspecified atom stereocenters. The summed E-state index contributed by atoms with van der Waals surface area (Å²) < 4.78 is 5.45. The van der Waals surface area contributed by atoms with Gasteiger partial charge in [0.05, 0.1) is 0 Å². The minimum absolute atomic E-state index is 0.155. The van der Waals surface area contributed by atoms with Crippen molar-refractivity contribution in [2.24, 2.45) is 0 Å². The quantitative estimate of drug-likeness (QED) is 0.596. The maximum Gasteiger partial charge on any atom is 0.252 e. The van der Waals surface area contributed by atoms with Crippen molar-refractivity contribution in [2.75, 3.05) is 39.8 Å². The second-order valence-electron chi connectivity index (χ2n) is 5.08. The molecule has 0 spiro atoms. The number of nitrogens with zero attached hydrogens (tertiary/aromatic N) is 2. The molecule has 3 aliphatic rings. The van der Waals surface area contributed by atoms with Crippen molar-refractivity contribution in [1.82, 2.24) is 9.80 Å². The van der Waals surface area contributed by atoms with Gasteiger partial charge >= 0.3 is 0 Å². The van der Waals surface area contributed by atoms with Gasteiger partial charge in [0, 0.05) is 32.8 Å². The molecule has 3 rings (SSSR count). The van der Waals surface area contributed by atoms with Gasteiger partial charge in [-0.1, -0.05) is 0 Å². The van der Waals surface area contributed by atoms with Crippen LogP contribution in [-0.4, -0.2) is 61.6 Å². The number of rotatable bonds is 1. The summed E-state index contributed by atoms with van der Waals surface area (Å²) in [5.41, 5.74) is 2.91. The molecular weight excluding hydrogens is 204 g/mol. The van der Waals surface area contributed by atoms with Gasteiger partial charge in [0.1, 0.15) is 6.10 Å². The van der Waals surface area contributed by atoms with Gasteiger partial charge in [-0.2, -0.15) is 0 Å². The summed E-state index contributed by atoms with van der Waals surface area (Å²) in [6, 6.07) is 0. The van der Waals surface area contributed by atoms with Crippen molar-refractivity contribution in [1.29, 1.82) is 0 Å². The Morgan fingerprint density at radius 2 is 1.94 bits per heavy atom. The van der Waals surface area contributed by atoms with Gasteiger partial charge in [0.25, 0.3) is 5.91 Å². The van der Waals surface area contributed by atoms with Crippen LogP contribution in [0, 0.1) is 0 Å². The molecule has 0 N–H and O–H groups in total. The second kappa shape index (κ2) is 3.86. The summed E-state index contributed by atoms with van der Waals surface area (Å²) in [5, 5.41) is 0. The first-order valence-electron chi connectivity index (χ1n) is 6.03. The molecule has 1 atom stereocenters. The van der Waals surface area contributed by atoms with Crippen LogP contribution in [0.4, 0.5) is 0 Å². The third-order valence-corrected chi connectivity index (χ3v) is 3.70. The highest BCUT2D eigenvalue weighted by Crippen LogP contribution is 2.26. The van der Waals surface area contributed by atoms with E-state index >= 15 is 0 Å². The van der Waals surface area contributed by atoms with E-state index in [9.17, 15) is 4.79 Å². The lowest BCUT2D eigenvalue weighted by Gasteiger charge is -2.23. The molecular formula is C12H18N2O2. The van der Waals surface area contributed by atoms with Crippen molar-refractivity contribution in [2.45, 2.75) is 18.9 Å². The standard InChI is InChI=1S/C12H18N2O2/c1-13-5-9-7-14(8-10(9)6-13)12(15)11-3-2-4-16-11/h11H,2-8H2,1H3/t11-/m1/s1. The van der Waals surface area contributed by atoms with Crippen LogP contribution in [0.25, 0.3) is 0 Å². The van der Waals surface area contributed by atoms with Crippen LogP contribution in [-0.2, 0) is 9.53 Å². The average molecular weight is 222 g/mol. The van der Waals surface area contributed by atoms with Crippen LogP contribution in [0.2, 0.25) is 0 Å². The molecule has 4 heteroatoms. The van der Waals surface area contributed by atoms with Crippen LogP contribution in [0.3, 0.4) is 0 Å². The molecule has 0 radical (unpaired) electrons. The summed E-state index contributed by atoms with van der Waals surface area (Å²) in [7, 11) is 2.13. The molecule has 0 aliphatic carbocycles. The van der Waals surface area contributed by atoms with Gasteiger partial charge in [0.15, 0.2) is 0 Å². The Balaban J connectivity index is 1.61. The molecule has 1 saturated heterocycles. The topological polar surface area (TPSA) is 32.8 Å². The number of amides is 1. The van der Waals surface area contributed by atoms with Gasteiger partial charge in [-0.25, -0.2) is 0 Å². The van der Waals surface area contributed by atoms with Gasteiger partial charge < -0.3 is 9.64 Å². The summed E-state index contributed by atoms with van der Waals surface area (Å²) in [6.45, 7) is 4.48. The van der Waals surface area contributed by atoms with E-state index in [0.29, 0.717) is 0 Å². The molecule has 3 heterocycles. The Kier molecular flexibility index (Phi) is 2.48. The second-order valence-corrected chi connectivity index (χ2v) is 5.08. The Hall–Kier alpha value is -0.870. The molecule has 3 aliphatic heterocycles. The predicted molar refractivity (Wildman–Crippen MR) is 60.1 cm³/mol. The molecule has 0 aromatic carbocycles. The Labute approximate surface area is 95.8 Å². The Bertz CT molecular complexity index is 327. The van der Waals surface area contributed by atoms with Crippen molar-refractivity contribution in [3.8, 4) is 0 Å². The lowest BCUT2D eigenvalue weighted by atomic mass is 10.2. The zero-order chi connectivity index (χ0) is 11.1. The first-order valence-corrected chi connectivity index (χ1v) is 6.03. The summed E-state index contributed by atoms with van der Waals surface area (Å²) in [5.74, 6) is 0.203. The van der Waals surface area contributed by atoms with Gasteiger partial charge in [0.2, 0.25) is 0 Å². The molecule has 0 saturated carbocycles.